The van der Waals surface area contributed by atoms with Gasteiger partial charge >= 0.3 is 0 Å². The fourth-order valence-corrected chi connectivity index (χ4v) is 2.85. The number of benzene rings is 1. The highest BCUT2D eigenvalue weighted by Gasteiger charge is 2.21. The Kier molecular flexibility index (Phi) is 5.70. The Bertz CT molecular complexity index is 476. The summed E-state index contributed by atoms with van der Waals surface area (Å²) in [5.41, 5.74) is 1.06. The summed E-state index contributed by atoms with van der Waals surface area (Å²) in [4.78, 5) is 2.30. The van der Waals surface area contributed by atoms with E-state index in [0.29, 0.717) is 13.2 Å². The van der Waals surface area contributed by atoms with Gasteiger partial charge in [-0.05, 0) is 49.5 Å². The molecule has 0 aliphatic carbocycles. The van der Waals surface area contributed by atoms with Crippen molar-refractivity contribution >= 4 is 0 Å². The van der Waals surface area contributed by atoms with Gasteiger partial charge < -0.3 is 19.5 Å². The van der Waals surface area contributed by atoms with E-state index in [1.54, 1.807) is 7.11 Å². The number of aliphatic hydroxyl groups is 1. The first-order valence-electron chi connectivity index (χ1n) is 8.12. The molecule has 0 saturated carbocycles. The largest absolute Gasteiger partial charge is 0.497 e. The molecule has 1 heterocycles. The molecular formula is C18H29NO3. The standard InChI is InChI=1S/C18H29NO3/c1-18(2,3)16-11-15(21-4)7-8-17(16)22-13-14(20)12-19-9-5-6-10-19/h7-8,11,14,20H,5-6,9-10,12-13H2,1-4H3/t14-/m0/s1. The molecule has 1 fully saturated rings. The fourth-order valence-electron chi connectivity index (χ4n) is 2.85. The van der Waals surface area contributed by atoms with Crippen molar-refractivity contribution in [3.05, 3.63) is 23.8 Å². The summed E-state index contributed by atoms with van der Waals surface area (Å²) >= 11 is 0. The van der Waals surface area contributed by atoms with Gasteiger partial charge in [0.25, 0.3) is 0 Å². The first kappa shape index (κ1) is 17.1. The number of nitrogens with zero attached hydrogens (tertiary/aromatic N) is 1. The second-order valence-corrected chi connectivity index (χ2v) is 7.08. The van der Waals surface area contributed by atoms with Crippen LogP contribution in [0.4, 0.5) is 0 Å². The molecule has 2 rings (SSSR count). The molecule has 0 aromatic heterocycles. The number of β-amino-alcohol motifs (C(OH)–C–C–N with tert-alkyl or cyclic N) is 1. The molecule has 0 radical (unpaired) electrons. The minimum Gasteiger partial charge on any atom is -0.497 e. The third-order valence-corrected chi connectivity index (χ3v) is 4.09. The SMILES string of the molecule is COc1ccc(OC[C@@H](O)CN2CCCC2)c(C(C)(C)C)c1. The molecule has 1 atom stereocenters. The molecule has 0 unspecified atom stereocenters. The molecule has 1 aliphatic rings. The molecule has 1 aromatic rings. The Labute approximate surface area is 134 Å². The average molecular weight is 307 g/mol. The van der Waals surface area contributed by atoms with Gasteiger partial charge in [0, 0.05) is 12.1 Å². The number of ether oxygens (including phenoxy) is 2. The van der Waals surface area contributed by atoms with Crippen LogP contribution in [0.2, 0.25) is 0 Å². The summed E-state index contributed by atoms with van der Waals surface area (Å²) in [6.07, 6.45) is 2.02. The number of hydrogen-bond donors (Lipinski definition) is 1. The highest BCUT2D eigenvalue weighted by atomic mass is 16.5. The van der Waals surface area contributed by atoms with Crippen molar-refractivity contribution in [3.63, 3.8) is 0 Å². The Morgan fingerprint density at radius 1 is 1.23 bits per heavy atom. The van der Waals surface area contributed by atoms with Gasteiger partial charge in [-0.3, -0.25) is 0 Å². The van der Waals surface area contributed by atoms with E-state index in [1.165, 1.54) is 12.8 Å². The monoisotopic (exact) mass is 307 g/mol. The van der Waals surface area contributed by atoms with Gasteiger partial charge in [0.15, 0.2) is 0 Å². The summed E-state index contributed by atoms with van der Waals surface area (Å²) in [6, 6.07) is 5.85. The predicted octanol–water partition coefficient (Wildman–Crippen LogP) is 2.83. The van der Waals surface area contributed by atoms with Crippen LogP contribution in [0, 0.1) is 0 Å². The lowest BCUT2D eigenvalue weighted by Crippen LogP contribution is -2.34. The lowest BCUT2D eigenvalue weighted by Gasteiger charge is -2.25. The van der Waals surface area contributed by atoms with Gasteiger partial charge in [0.05, 0.1) is 7.11 Å². The van der Waals surface area contributed by atoms with Crippen molar-refractivity contribution in [1.82, 2.24) is 4.90 Å². The third kappa shape index (κ3) is 4.62. The van der Waals surface area contributed by atoms with Crippen LogP contribution in [0.5, 0.6) is 11.5 Å². The van der Waals surface area contributed by atoms with E-state index < -0.39 is 6.10 Å². The van der Waals surface area contributed by atoms with Crippen LogP contribution < -0.4 is 9.47 Å². The van der Waals surface area contributed by atoms with Crippen LogP contribution in [0.3, 0.4) is 0 Å². The van der Waals surface area contributed by atoms with Crippen molar-refractivity contribution < 1.29 is 14.6 Å². The second kappa shape index (κ2) is 7.34. The van der Waals surface area contributed by atoms with Gasteiger partial charge in [-0.2, -0.15) is 0 Å². The summed E-state index contributed by atoms with van der Waals surface area (Å²) < 4.78 is 11.2. The van der Waals surface area contributed by atoms with Crippen LogP contribution in [0.1, 0.15) is 39.2 Å². The number of aliphatic hydroxyl groups excluding tert-OH is 1. The minimum absolute atomic E-state index is 0.0379. The van der Waals surface area contributed by atoms with E-state index >= 15 is 0 Å². The van der Waals surface area contributed by atoms with Crippen LogP contribution in [0.15, 0.2) is 18.2 Å². The average Bonchev–Trinajstić information content (AvgIpc) is 2.96. The van der Waals surface area contributed by atoms with Crippen molar-refractivity contribution in [3.8, 4) is 11.5 Å². The normalized spacial score (nSPS) is 17.5. The molecule has 0 bridgehead atoms. The zero-order valence-corrected chi connectivity index (χ0v) is 14.3. The number of methoxy groups -OCH3 is 1. The third-order valence-electron chi connectivity index (χ3n) is 4.09. The Balaban J connectivity index is 1.99. The van der Waals surface area contributed by atoms with Crippen LogP contribution >= 0.6 is 0 Å². The number of hydrogen-bond acceptors (Lipinski definition) is 4. The van der Waals surface area contributed by atoms with Gasteiger partial charge in [0.1, 0.15) is 24.2 Å². The molecule has 0 amide bonds. The van der Waals surface area contributed by atoms with Gasteiger partial charge in [-0.25, -0.2) is 0 Å². The van der Waals surface area contributed by atoms with Gasteiger partial charge in [-0.1, -0.05) is 20.8 Å². The Morgan fingerprint density at radius 3 is 2.50 bits per heavy atom. The smallest absolute Gasteiger partial charge is 0.123 e. The quantitative estimate of drug-likeness (QED) is 0.877. The fraction of sp³-hybridized carbons (Fsp3) is 0.667. The summed E-state index contributed by atoms with van der Waals surface area (Å²) in [7, 11) is 1.67. The maximum Gasteiger partial charge on any atom is 0.123 e. The molecule has 1 N–H and O–H groups in total. The molecule has 22 heavy (non-hydrogen) atoms. The van der Waals surface area contributed by atoms with E-state index in [9.17, 15) is 5.11 Å². The Morgan fingerprint density at radius 2 is 1.91 bits per heavy atom. The highest BCUT2D eigenvalue weighted by Crippen LogP contribution is 2.34. The minimum atomic E-state index is -0.451. The number of likely N-dealkylation sites (tertiary alicyclic amines) is 1. The van der Waals surface area contributed by atoms with Crippen LogP contribution in [-0.4, -0.2) is 49.5 Å². The maximum atomic E-state index is 10.2. The predicted molar refractivity (Wildman–Crippen MR) is 88.9 cm³/mol. The van der Waals surface area contributed by atoms with Crippen molar-refractivity contribution in [2.75, 3.05) is 33.4 Å². The zero-order chi connectivity index (χ0) is 16.2. The second-order valence-electron chi connectivity index (χ2n) is 7.08. The molecular weight excluding hydrogens is 278 g/mol. The summed E-state index contributed by atoms with van der Waals surface area (Å²) in [6.45, 7) is 9.65. The lowest BCUT2D eigenvalue weighted by molar-refractivity contribution is 0.0750. The summed E-state index contributed by atoms with van der Waals surface area (Å²) in [5.74, 6) is 1.66. The highest BCUT2D eigenvalue weighted by molar-refractivity contribution is 5.44. The zero-order valence-electron chi connectivity index (χ0n) is 14.3. The van der Waals surface area contributed by atoms with E-state index in [2.05, 4.69) is 25.7 Å². The van der Waals surface area contributed by atoms with Crippen LogP contribution in [-0.2, 0) is 5.41 Å². The van der Waals surface area contributed by atoms with Gasteiger partial charge in [-0.15, -0.1) is 0 Å². The van der Waals surface area contributed by atoms with Crippen molar-refractivity contribution in [2.24, 2.45) is 0 Å². The van der Waals surface area contributed by atoms with Crippen molar-refractivity contribution in [1.29, 1.82) is 0 Å². The van der Waals surface area contributed by atoms with E-state index in [1.807, 2.05) is 18.2 Å². The van der Waals surface area contributed by atoms with E-state index in [4.69, 9.17) is 9.47 Å². The molecule has 1 saturated heterocycles. The summed E-state index contributed by atoms with van der Waals surface area (Å²) in [5, 5.41) is 10.2. The molecule has 4 nitrogen and oxygen atoms in total. The molecule has 4 heteroatoms. The van der Waals surface area contributed by atoms with Crippen molar-refractivity contribution in [2.45, 2.75) is 45.1 Å². The molecule has 1 aliphatic heterocycles. The Hall–Kier alpha value is -1.26. The lowest BCUT2D eigenvalue weighted by atomic mass is 9.86. The first-order valence-corrected chi connectivity index (χ1v) is 8.12. The molecule has 1 aromatic carbocycles. The van der Waals surface area contributed by atoms with E-state index in [-0.39, 0.29) is 5.41 Å². The van der Waals surface area contributed by atoms with Crippen LogP contribution in [0.25, 0.3) is 0 Å². The van der Waals surface area contributed by atoms with E-state index in [0.717, 1.165) is 30.2 Å². The first-order chi connectivity index (χ1) is 10.4. The molecule has 124 valence electrons. The van der Waals surface area contributed by atoms with Gasteiger partial charge in [0.2, 0.25) is 0 Å². The topological polar surface area (TPSA) is 41.9 Å². The molecule has 0 spiro atoms. The number of rotatable bonds is 6. The maximum absolute atomic E-state index is 10.2.